The Labute approximate surface area is 155 Å². The SMILES string of the molecule is CCCCCCCC(=O)OCC(CO)(CO)COCC(CO)(CO)CO. The van der Waals surface area contributed by atoms with E-state index in [0.29, 0.717) is 6.42 Å². The molecule has 0 aliphatic carbocycles. The highest BCUT2D eigenvalue weighted by atomic mass is 16.5. The molecule has 0 saturated carbocycles. The van der Waals surface area contributed by atoms with Crippen molar-refractivity contribution in [1.82, 2.24) is 0 Å². The second-order valence-electron chi connectivity index (χ2n) is 7.11. The van der Waals surface area contributed by atoms with E-state index in [0.717, 1.165) is 32.1 Å². The molecule has 8 heteroatoms. The quantitative estimate of drug-likeness (QED) is 0.173. The fourth-order valence-corrected chi connectivity index (χ4v) is 2.22. The Kier molecular flexibility index (Phi) is 13.9. The lowest BCUT2D eigenvalue weighted by Crippen LogP contribution is -2.44. The summed E-state index contributed by atoms with van der Waals surface area (Å²) >= 11 is 0. The molecule has 0 aromatic carbocycles. The van der Waals surface area contributed by atoms with Crippen LogP contribution in [0.15, 0.2) is 0 Å². The van der Waals surface area contributed by atoms with E-state index >= 15 is 0 Å². The molecule has 5 N–H and O–H groups in total. The summed E-state index contributed by atoms with van der Waals surface area (Å²) in [6.45, 7) is -0.733. The monoisotopic (exact) mass is 380 g/mol. The van der Waals surface area contributed by atoms with Crippen LogP contribution in [0.4, 0.5) is 0 Å². The number of carbonyl (C=O) groups is 1. The lowest BCUT2D eigenvalue weighted by molar-refractivity contribution is -0.154. The molecule has 0 aliphatic rings. The molecule has 0 rings (SSSR count). The van der Waals surface area contributed by atoms with Gasteiger partial charge in [-0.2, -0.15) is 0 Å². The van der Waals surface area contributed by atoms with Crippen molar-refractivity contribution in [2.45, 2.75) is 45.4 Å². The van der Waals surface area contributed by atoms with Gasteiger partial charge in [-0.3, -0.25) is 4.79 Å². The molecule has 0 spiro atoms. The van der Waals surface area contributed by atoms with Crippen LogP contribution >= 0.6 is 0 Å². The van der Waals surface area contributed by atoms with Gasteiger partial charge < -0.3 is 35.0 Å². The van der Waals surface area contributed by atoms with Crippen molar-refractivity contribution in [3.63, 3.8) is 0 Å². The lowest BCUT2D eigenvalue weighted by atomic mass is 9.90. The van der Waals surface area contributed by atoms with Gasteiger partial charge in [0, 0.05) is 6.42 Å². The van der Waals surface area contributed by atoms with Gasteiger partial charge >= 0.3 is 5.97 Å². The van der Waals surface area contributed by atoms with Crippen molar-refractivity contribution in [1.29, 1.82) is 0 Å². The number of aliphatic hydroxyl groups excluding tert-OH is 5. The number of esters is 1. The average Bonchev–Trinajstić information content (AvgIpc) is 2.68. The van der Waals surface area contributed by atoms with Crippen LogP contribution in [0.1, 0.15) is 45.4 Å². The Morgan fingerprint density at radius 3 is 1.73 bits per heavy atom. The maximum Gasteiger partial charge on any atom is 0.305 e. The van der Waals surface area contributed by atoms with Crippen molar-refractivity contribution in [3.8, 4) is 0 Å². The first-order valence-corrected chi connectivity index (χ1v) is 9.24. The molecule has 0 aromatic rings. The molecule has 0 saturated heterocycles. The highest BCUT2D eigenvalue weighted by molar-refractivity contribution is 5.69. The number of hydrogen-bond acceptors (Lipinski definition) is 8. The second kappa shape index (κ2) is 14.3. The van der Waals surface area contributed by atoms with E-state index in [9.17, 15) is 30.3 Å². The molecule has 0 radical (unpaired) electrons. The Morgan fingerprint density at radius 1 is 0.731 bits per heavy atom. The van der Waals surface area contributed by atoms with Gasteiger partial charge in [0.1, 0.15) is 6.61 Å². The van der Waals surface area contributed by atoms with Gasteiger partial charge in [-0.25, -0.2) is 0 Å². The third-order valence-electron chi connectivity index (χ3n) is 4.52. The molecule has 0 aliphatic heterocycles. The zero-order chi connectivity index (χ0) is 19.9. The number of rotatable bonds is 17. The molecule has 156 valence electrons. The van der Waals surface area contributed by atoms with Gasteiger partial charge in [0.2, 0.25) is 0 Å². The molecular formula is C18H36O8. The molecule has 26 heavy (non-hydrogen) atoms. The lowest BCUT2D eigenvalue weighted by Gasteiger charge is -2.32. The Balaban J connectivity index is 4.36. The largest absolute Gasteiger partial charge is 0.465 e. The molecule has 0 unspecified atom stereocenters. The van der Waals surface area contributed by atoms with Crippen LogP contribution in [-0.2, 0) is 14.3 Å². The molecule has 0 bridgehead atoms. The van der Waals surface area contributed by atoms with Crippen LogP contribution in [0, 0.1) is 10.8 Å². The fourth-order valence-electron chi connectivity index (χ4n) is 2.22. The van der Waals surface area contributed by atoms with E-state index in [4.69, 9.17) is 9.47 Å². The highest BCUT2D eigenvalue weighted by Gasteiger charge is 2.34. The van der Waals surface area contributed by atoms with Gasteiger partial charge in [0.25, 0.3) is 0 Å². The van der Waals surface area contributed by atoms with Gasteiger partial charge in [-0.1, -0.05) is 32.6 Å². The number of ether oxygens (including phenoxy) is 2. The first kappa shape index (κ1) is 25.2. The van der Waals surface area contributed by atoms with E-state index in [1.165, 1.54) is 0 Å². The minimum absolute atomic E-state index is 0.147. The normalized spacial score (nSPS) is 12.4. The maximum absolute atomic E-state index is 11.8. The highest BCUT2D eigenvalue weighted by Crippen LogP contribution is 2.21. The van der Waals surface area contributed by atoms with E-state index in [1.807, 2.05) is 0 Å². The maximum atomic E-state index is 11.8. The number of hydrogen-bond donors (Lipinski definition) is 5. The molecule has 0 heterocycles. The zero-order valence-electron chi connectivity index (χ0n) is 15.9. The van der Waals surface area contributed by atoms with Crippen molar-refractivity contribution < 1.29 is 39.8 Å². The summed E-state index contributed by atoms with van der Waals surface area (Å²) in [5, 5.41) is 47.0. The van der Waals surface area contributed by atoms with Gasteiger partial charge in [0.15, 0.2) is 0 Å². The molecule has 0 atom stereocenters. The molecule has 0 fully saturated rings. The molecule has 0 amide bonds. The van der Waals surface area contributed by atoms with Crippen LogP contribution < -0.4 is 0 Å². The van der Waals surface area contributed by atoms with Crippen molar-refractivity contribution in [3.05, 3.63) is 0 Å². The van der Waals surface area contributed by atoms with E-state index < -0.39 is 43.9 Å². The van der Waals surface area contributed by atoms with Gasteiger partial charge in [-0.05, 0) is 6.42 Å². The minimum atomic E-state index is -1.20. The summed E-state index contributed by atoms with van der Waals surface area (Å²) in [7, 11) is 0. The third-order valence-corrected chi connectivity index (χ3v) is 4.52. The Hall–Kier alpha value is -0.770. The standard InChI is InChI=1S/C18H36O8/c1-2-3-4-5-6-7-16(24)26-15-18(11-22,12-23)14-25-13-17(8-19,9-20)10-21/h19-23H,2-15H2,1H3. The molecule has 0 aromatic heterocycles. The molecular weight excluding hydrogens is 344 g/mol. The van der Waals surface area contributed by atoms with E-state index in [1.54, 1.807) is 0 Å². The van der Waals surface area contributed by atoms with Gasteiger partial charge in [-0.15, -0.1) is 0 Å². The van der Waals surface area contributed by atoms with E-state index in [-0.39, 0.29) is 25.8 Å². The molecule has 8 nitrogen and oxygen atoms in total. The zero-order valence-corrected chi connectivity index (χ0v) is 15.9. The average molecular weight is 380 g/mol. The predicted octanol–water partition coefficient (Wildman–Crippen LogP) is -0.159. The summed E-state index contributed by atoms with van der Waals surface area (Å²) in [6.07, 6.45) is 5.35. The number of carbonyl (C=O) groups excluding carboxylic acids is 1. The minimum Gasteiger partial charge on any atom is -0.465 e. The second-order valence-corrected chi connectivity index (χ2v) is 7.11. The van der Waals surface area contributed by atoms with E-state index in [2.05, 4.69) is 6.92 Å². The topological polar surface area (TPSA) is 137 Å². The summed E-state index contributed by atoms with van der Waals surface area (Å²) < 4.78 is 10.6. The summed E-state index contributed by atoms with van der Waals surface area (Å²) in [6, 6.07) is 0. The predicted molar refractivity (Wildman–Crippen MR) is 95.4 cm³/mol. The van der Waals surface area contributed by atoms with Crippen molar-refractivity contribution in [2.24, 2.45) is 10.8 Å². The van der Waals surface area contributed by atoms with Crippen molar-refractivity contribution >= 4 is 5.97 Å². The smallest absolute Gasteiger partial charge is 0.305 e. The van der Waals surface area contributed by atoms with Crippen LogP contribution in [0.25, 0.3) is 0 Å². The number of unbranched alkanes of at least 4 members (excludes halogenated alkanes) is 4. The fraction of sp³-hybridized carbons (Fsp3) is 0.944. The first-order valence-electron chi connectivity index (χ1n) is 9.24. The number of aliphatic hydroxyl groups is 5. The van der Waals surface area contributed by atoms with Crippen LogP contribution in [0.5, 0.6) is 0 Å². The Bertz CT molecular complexity index is 345. The summed E-state index contributed by atoms with van der Waals surface area (Å²) in [5.74, 6) is -0.386. The van der Waals surface area contributed by atoms with Crippen LogP contribution in [0.3, 0.4) is 0 Å². The van der Waals surface area contributed by atoms with Crippen LogP contribution in [-0.4, -0.2) is 84.4 Å². The Morgan fingerprint density at radius 2 is 1.23 bits per heavy atom. The first-order chi connectivity index (χ1) is 12.5. The summed E-state index contributed by atoms with van der Waals surface area (Å²) in [5.41, 5.74) is -2.38. The van der Waals surface area contributed by atoms with Crippen LogP contribution in [0.2, 0.25) is 0 Å². The third kappa shape index (κ3) is 9.25. The van der Waals surface area contributed by atoms with Gasteiger partial charge in [0.05, 0.1) is 57.1 Å². The summed E-state index contributed by atoms with van der Waals surface area (Å²) in [4.78, 5) is 11.8. The van der Waals surface area contributed by atoms with Crippen molar-refractivity contribution in [2.75, 3.05) is 52.9 Å².